The first-order valence-corrected chi connectivity index (χ1v) is 13.9. The van der Waals surface area contributed by atoms with Crippen LogP contribution in [0.2, 0.25) is 0 Å². The Labute approximate surface area is 238 Å². The summed E-state index contributed by atoms with van der Waals surface area (Å²) in [5.74, 6) is -0.213. The average Bonchev–Trinajstić information content (AvgIpc) is 3.55. The molecule has 1 aromatic carbocycles. The van der Waals surface area contributed by atoms with E-state index in [1.165, 1.54) is 0 Å². The topological polar surface area (TPSA) is 123 Å². The van der Waals surface area contributed by atoms with Crippen molar-refractivity contribution in [2.75, 3.05) is 39.1 Å². The molecule has 2 aliphatic rings. The fourth-order valence-electron chi connectivity index (χ4n) is 5.30. The molecular weight excluding hydrogens is 506 g/mol. The predicted molar refractivity (Wildman–Crippen MR) is 160 cm³/mol. The maximum Gasteiger partial charge on any atom is 0.323 e. The Kier molecular flexibility index (Phi) is 10.1. The van der Waals surface area contributed by atoms with Gasteiger partial charge in [0, 0.05) is 38.8 Å². The highest BCUT2D eigenvalue weighted by Gasteiger charge is 2.38. The monoisotopic (exact) mass is 551 g/mol. The smallest absolute Gasteiger partial charge is 0.323 e. The summed E-state index contributed by atoms with van der Waals surface area (Å²) in [6.45, 7) is 12.7. The zero-order chi connectivity index (χ0) is 29.7. The van der Waals surface area contributed by atoms with Crippen LogP contribution in [-0.4, -0.2) is 85.8 Å². The highest BCUT2D eigenvalue weighted by Crippen LogP contribution is 2.41. The second-order valence-corrected chi connectivity index (χ2v) is 11.2. The van der Waals surface area contributed by atoms with Crippen LogP contribution in [0.4, 0.5) is 10.5 Å². The zero-order valence-electron chi connectivity index (χ0n) is 24.9. The molecule has 218 valence electrons. The number of benzene rings is 1. The van der Waals surface area contributed by atoms with E-state index in [1.807, 2.05) is 49.1 Å². The van der Waals surface area contributed by atoms with Crippen LogP contribution >= 0.6 is 0 Å². The molecule has 4 unspecified atom stereocenters. The summed E-state index contributed by atoms with van der Waals surface area (Å²) >= 11 is 0. The molecule has 4 atom stereocenters. The van der Waals surface area contributed by atoms with Gasteiger partial charge in [-0.1, -0.05) is 38.6 Å². The minimum Gasteiger partial charge on any atom is -0.387 e. The van der Waals surface area contributed by atoms with Crippen LogP contribution in [0.15, 0.2) is 53.2 Å². The first-order valence-electron chi connectivity index (χ1n) is 13.9. The molecule has 0 bridgehead atoms. The van der Waals surface area contributed by atoms with Crippen molar-refractivity contribution in [3.63, 3.8) is 0 Å². The van der Waals surface area contributed by atoms with Crippen LogP contribution in [-0.2, 0) is 9.59 Å². The molecule has 1 aromatic rings. The molecule has 3 rings (SSSR count). The Morgan fingerprint density at radius 1 is 1.20 bits per heavy atom. The van der Waals surface area contributed by atoms with Crippen molar-refractivity contribution in [3.05, 3.63) is 53.8 Å². The number of fused-ring (bicyclic) bond motifs is 1. The first kappa shape index (κ1) is 30.9. The van der Waals surface area contributed by atoms with Gasteiger partial charge in [0.05, 0.1) is 23.6 Å². The summed E-state index contributed by atoms with van der Waals surface area (Å²) in [5, 5.41) is 5.86. The van der Waals surface area contributed by atoms with Crippen LogP contribution in [0.25, 0.3) is 0 Å². The summed E-state index contributed by atoms with van der Waals surface area (Å²) < 4.78 is 0. The number of para-hydroxylation sites is 1. The lowest BCUT2D eigenvalue weighted by Crippen LogP contribution is -2.55. The quantitative estimate of drug-likeness (QED) is 0.247. The SMILES string of the molecule is C=C(/C=C(\N=C(C)N)C1CN(C(=O)N(C)C)c2ccccc21)C1CCCN1C(=O)C(NC(=O)C(C)NC)C(C)C. The lowest BCUT2D eigenvalue weighted by Gasteiger charge is -2.32. The Morgan fingerprint density at radius 3 is 2.48 bits per heavy atom. The van der Waals surface area contributed by atoms with E-state index in [4.69, 9.17) is 5.73 Å². The van der Waals surface area contributed by atoms with Gasteiger partial charge in [0.2, 0.25) is 11.8 Å². The molecule has 1 fully saturated rings. The Balaban J connectivity index is 1.92. The molecule has 0 radical (unpaired) electrons. The number of anilines is 1. The molecule has 2 aliphatic heterocycles. The number of hydrogen-bond acceptors (Lipinski definition) is 5. The number of likely N-dealkylation sites (tertiary alicyclic amines) is 1. The summed E-state index contributed by atoms with van der Waals surface area (Å²) in [6.07, 6.45) is 3.52. The van der Waals surface area contributed by atoms with E-state index in [2.05, 4.69) is 22.2 Å². The number of rotatable bonds is 9. The van der Waals surface area contributed by atoms with Crippen LogP contribution < -0.4 is 21.3 Å². The number of carbonyl (C=O) groups excluding carboxylic acids is 3. The third-order valence-electron chi connectivity index (χ3n) is 7.60. The molecule has 10 nitrogen and oxygen atoms in total. The fourth-order valence-corrected chi connectivity index (χ4v) is 5.30. The molecule has 2 heterocycles. The molecule has 0 aromatic heterocycles. The summed E-state index contributed by atoms with van der Waals surface area (Å²) in [4.78, 5) is 49.2. The normalized spacial score (nSPS) is 20.8. The summed E-state index contributed by atoms with van der Waals surface area (Å²) in [5.41, 5.74) is 9.34. The van der Waals surface area contributed by atoms with E-state index in [0.29, 0.717) is 24.6 Å². The molecule has 4 amide bonds. The van der Waals surface area contributed by atoms with Crippen LogP contribution in [0.1, 0.15) is 52.0 Å². The van der Waals surface area contributed by atoms with E-state index in [0.717, 1.165) is 29.7 Å². The number of nitrogens with two attached hydrogens (primary N) is 1. The average molecular weight is 552 g/mol. The highest BCUT2D eigenvalue weighted by molar-refractivity contribution is 5.95. The predicted octanol–water partition coefficient (Wildman–Crippen LogP) is 2.83. The number of nitrogens with zero attached hydrogens (tertiary/aromatic N) is 4. The van der Waals surface area contributed by atoms with Crippen molar-refractivity contribution in [1.29, 1.82) is 0 Å². The van der Waals surface area contributed by atoms with E-state index < -0.39 is 12.1 Å². The van der Waals surface area contributed by atoms with E-state index in [-0.39, 0.29) is 35.7 Å². The number of amidine groups is 1. The van der Waals surface area contributed by atoms with Gasteiger partial charge in [-0.25, -0.2) is 9.79 Å². The molecule has 0 aliphatic carbocycles. The molecule has 4 N–H and O–H groups in total. The van der Waals surface area contributed by atoms with Crippen LogP contribution in [0.3, 0.4) is 0 Å². The third kappa shape index (κ3) is 6.72. The number of aliphatic imine (C=N–C) groups is 1. The number of nitrogens with one attached hydrogen (secondary N) is 2. The van der Waals surface area contributed by atoms with E-state index in [1.54, 1.807) is 44.8 Å². The number of likely N-dealkylation sites (N-methyl/N-ethyl adjacent to an activating group) is 1. The van der Waals surface area contributed by atoms with E-state index in [9.17, 15) is 14.4 Å². The van der Waals surface area contributed by atoms with Crippen molar-refractivity contribution in [2.45, 2.75) is 64.6 Å². The Morgan fingerprint density at radius 2 is 1.88 bits per heavy atom. The van der Waals surface area contributed by atoms with Gasteiger partial charge in [0.1, 0.15) is 6.04 Å². The molecule has 0 spiro atoms. The number of urea groups is 1. The van der Waals surface area contributed by atoms with Gasteiger partial charge >= 0.3 is 6.03 Å². The van der Waals surface area contributed by atoms with E-state index >= 15 is 0 Å². The van der Waals surface area contributed by atoms with Crippen molar-refractivity contribution >= 4 is 29.4 Å². The lowest BCUT2D eigenvalue weighted by atomic mass is 9.94. The van der Waals surface area contributed by atoms with Gasteiger partial charge in [0.15, 0.2) is 0 Å². The molecule has 0 saturated carbocycles. The second-order valence-electron chi connectivity index (χ2n) is 11.2. The Bertz CT molecular complexity index is 1190. The summed E-state index contributed by atoms with van der Waals surface area (Å²) in [6, 6.07) is 6.43. The molecule has 10 heteroatoms. The minimum atomic E-state index is -0.642. The number of carbonyl (C=O) groups is 3. The van der Waals surface area contributed by atoms with Crippen LogP contribution in [0.5, 0.6) is 0 Å². The maximum atomic E-state index is 13.7. The maximum absolute atomic E-state index is 13.7. The zero-order valence-corrected chi connectivity index (χ0v) is 24.9. The van der Waals surface area contributed by atoms with Gasteiger partial charge < -0.3 is 26.2 Å². The van der Waals surface area contributed by atoms with Crippen LogP contribution in [0, 0.1) is 5.92 Å². The van der Waals surface area contributed by atoms with Crippen molar-refractivity contribution in [3.8, 4) is 0 Å². The van der Waals surface area contributed by atoms with Gasteiger partial charge in [-0.15, -0.1) is 0 Å². The van der Waals surface area contributed by atoms with Crippen molar-refractivity contribution in [1.82, 2.24) is 20.4 Å². The summed E-state index contributed by atoms with van der Waals surface area (Å²) in [7, 11) is 5.18. The molecule has 1 saturated heterocycles. The minimum absolute atomic E-state index is 0.0826. The van der Waals surface area contributed by atoms with Gasteiger partial charge in [-0.3, -0.25) is 14.5 Å². The standard InChI is InChI=1S/C30H45N7O3/c1-18(2)27(34-28(38)20(4)32-6)29(39)36-15-11-14-25(36)19(3)16-24(33-21(5)31)23-17-37(30(40)35(7)8)26-13-10-9-12-22(23)26/h9-10,12-13,16,18,20,23,25,27,32H,3,11,14-15,17H2,1-2,4-8H3,(H2,31,33)(H,34,38)/b24-16-. The largest absolute Gasteiger partial charge is 0.387 e. The van der Waals surface area contributed by atoms with Crippen molar-refractivity contribution in [2.24, 2.45) is 16.6 Å². The highest BCUT2D eigenvalue weighted by atomic mass is 16.2. The third-order valence-corrected chi connectivity index (χ3v) is 7.60. The molecule has 40 heavy (non-hydrogen) atoms. The van der Waals surface area contributed by atoms with Crippen molar-refractivity contribution < 1.29 is 14.4 Å². The second kappa shape index (κ2) is 13.1. The lowest BCUT2D eigenvalue weighted by molar-refractivity contribution is -0.138. The first-order chi connectivity index (χ1) is 18.9. The fraction of sp³-hybridized carbons (Fsp3) is 0.533. The number of hydrogen-bond donors (Lipinski definition) is 3. The van der Waals surface area contributed by atoms with Gasteiger partial charge in [0.25, 0.3) is 0 Å². The van der Waals surface area contributed by atoms with Gasteiger partial charge in [-0.2, -0.15) is 0 Å². The molecular formula is C30H45N7O3. The number of amides is 4. The van der Waals surface area contributed by atoms with Gasteiger partial charge in [-0.05, 0) is 62.9 Å². The Hall–Kier alpha value is -3.66.